The fraction of sp³-hybridized carbons (Fsp3) is 0.733. The molecule has 1 N–H and O–H groups in total. The molecule has 0 aliphatic heterocycles. The van der Waals surface area contributed by atoms with E-state index in [9.17, 15) is 4.79 Å². The van der Waals surface area contributed by atoms with Gasteiger partial charge >= 0.3 is 0 Å². The summed E-state index contributed by atoms with van der Waals surface area (Å²) in [6.45, 7) is 6.89. The second-order valence-electron chi connectivity index (χ2n) is 6.78. The molecule has 4 nitrogen and oxygen atoms in total. The predicted molar refractivity (Wildman–Crippen MR) is 76.7 cm³/mol. The average molecular weight is 263 g/mol. The topological polar surface area (TPSA) is 46.9 Å². The highest BCUT2D eigenvalue weighted by molar-refractivity contribution is 5.91. The lowest BCUT2D eigenvalue weighted by Crippen LogP contribution is -2.31. The molecule has 1 heterocycles. The van der Waals surface area contributed by atoms with E-state index in [0.29, 0.717) is 11.2 Å². The third-order valence-corrected chi connectivity index (χ3v) is 4.29. The molecule has 19 heavy (non-hydrogen) atoms. The van der Waals surface area contributed by atoms with Crippen molar-refractivity contribution in [1.29, 1.82) is 0 Å². The van der Waals surface area contributed by atoms with Gasteiger partial charge in [0.05, 0.1) is 0 Å². The Hall–Kier alpha value is -1.32. The minimum atomic E-state index is 0.131. The van der Waals surface area contributed by atoms with Crippen LogP contribution in [-0.4, -0.2) is 15.7 Å². The average Bonchev–Trinajstić information content (AvgIpc) is 2.74. The molecule has 106 valence electrons. The molecule has 1 aromatic rings. The van der Waals surface area contributed by atoms with Gasteiger partial charge in [0.15, 0.2) is 5.82 Å². The van der Waals surface area contributed by atoms with Gasteiger partial charge in [0, 0.05) is 25.2 Å². The summed E-state index contributed by atoms with van der Waals surface area (Å²) >= 11 is 0. The van der Waals surface area contributed by atoms with Crippen LogP contribution in [0.15, 0.2) is 12.3 Å². The molecule has 4 heteroatoms. The standard InChI is InChI=1S/C15H25N3O/c1-15(2,3)12-7-5-11(6-8-12)14(19)16-13-9-10-18(4)17-13/h9-12H,5-8H2,1-4H3,(H,16,17,19). The molecule has 1 saturated carbocycles. The normalized spacial score (nSPS) is 24.2. The number of amides is 1. The molecular formula is C15H25N3O. The molecule has 0 bridgehead atoms. The maximum atomic E-state index is 12.2. The number of nitrogens with one attached hydrogen (secondary N) is 1. The Morgan fingerprint density at radius 1 is 1.32 bits per heavy atom. The van der Waals surface area contributed by atoms with E-state index in [2.05, 4.69) is 31.2 Å². The first kappa shape index (κ1) is 14.1. The molecule has 0 saturated heterocycles. The smallest absolute Gasteiger partial charge is 0.228 e. The monoisotopic (exact) mass is 263 g/mol. The highest BCUT2D eigenvalue weighted by atomic mass is 16.2. The Morgan fingerprint density at radius 2 is 1.95 bits per heavy atom. The van der Waals surface area contributed by atoms with Gasteiger partial charge in [-0.1, -0.05) is 20.8 Å². The van der Waals surface area contributed by atoms with Crippen molar-refractivity contribution in [3.63, 3.8) is 0 Å². The minimum Gasteiger partial charge on any atom is -0.309 e. The quantitative estimate of drug-likeness (QED) is 0.890. The van der Waals surface area contributed by atoms with E-state index < -0.39 is 0 Å². The van der Waals surface area contributed by atoms with Gasteiger partial charge in [-0.15, -0.1) is 0 Å². The summed E-state index contributed by atoms with van der Waals surface area (Å²) < 4.78 is 1.70. The van der Waals surface area contributed by atoms with Crippen LogP contribution in [0.3, 0.4) is 0 Å². The largest absolute Gasteiger partial charge is 0.309 e. The number of carbonyl (C=O) groups excluding carboxylic acids is 1. The van der Waals surface area contributed by atoms with Crippen LogP contribution in [0.2, 0.25) is 0 Å². The van der Waals surface area contributed by atoms with Crippen LogP contribution >= 0.6 is 0 Å². The van der Waals surface area contributed by atoms with Gasteiger partial charge in [0.2, 0.25) is 5.91 Å². The summed E-state index contributed by atoms with van der Waals surface area (Å²) in [5.74, 6) is 1.68. The lowest BCUT2D eigenvalue weighted by molar-refractivity contribution is -0.121. The third kappa shape index (κ3) is 3.58. The second-order valence-corrected chi connectivity index (χ2v) is 6.78. The number of rotatable bonds is 2. The Labute approximate surface area is 115 Å². The SMILES string of the molecule is Cn1ccc(NC(=O)C2CCC(C(C)(C)C)CC2)n1. The Kier molecular flexibility index (Phi) is 3.97. The number of hydrogen-bond donors (Lipinski definition) is 1. The van der Waals surface area contributed by atoms with E-state index in [1.807, 2.05) is 19.3 Å². The van der Waals surface area contributed by atoms with Gasteiger partial charge in [0.25, 0.3) is 0 Å². The maximum Gasteiger partial charge on any atom is 0.228 e. The number of nitrogens with zero attached hydrogens (tertiary/aromatic N) is 2. The number of aromatic nitrogens is 2. The Balaban J connectivity index is 1.86. The summed E-state index contributed by atoms with van der Waals surface area (Å²) in [4.78, 5) is 12.2. The molecule has 2 rings (SSSR count). The van der Waals surface area contributed by atoms with Crippen LogP contribution in [0.5, 0.6) is 0 Å². The van der Waals surface area contributed by atoms with Crippen molar-refractivity contribution in [2.75, 3.05) is 5.32 Å². The maximum absolute atomic E-state index is 12.2. The van der Waals surface area contributed by atoms with Gasteiger partial charge in [-0.2, -0.15) is 5.10 Å². The highest BCUT2D eigenvalue weighted by Gasteiger charge is 2.32. The van der Waals surface area contributed by atoms with Gasteiger partial charge in [-0.25, -0.2) is 0 Å². The van der Waals surface area contributed by atoms with Crippen LogP contribution < -0.4 is 5.32 Å². The molecule has 0 unspecified atom stereocenters. The van der Waals surface area contributed by atoms with E-state index in [1.54, 1.807) is 4.68 Å². The fourth-order valence-electron chi connectivity index (χ4n) is 2.93. The number of aryl methyl sites for hydroxylation is 1. The van der Waals surface area contributed by atoms with Crippen molar-refractivity contribution in [2.45, 2.75) is 46.5 Å². The lowest BCUT2D eigenvalue weighted by Gasteiger charge is -2.36. The molecule has 1 amide bonds. The van der Waals surface area contributed by atoms with Crippen LogP contribution in [0, 0.1) is 17.3 Å². The first-order valence-electron chi connectivity index (χ1n) is 7.17. The molecule has 0 atom stereocenters. The van der Waals surface area contributed by atoms with Crippen molar-refractivity contribution in [3.05, 3.63) is 12.3 Å². The minimum absolute atomic E-state index is 0.131. The van der Waals surface area contributed by atoms with Crippen molar-refractivity contribution in [2.24, 2.45) is 24.3 Å². The van der Waals surface area contributed by atoms with E-state index in [-0.39, 0.29) is 11.8 Å². The number of carbonyl (C=O) groups is 1. The molecular weight excluding hydrogens is 238 g/mol. The highest BCUT2D eigenvalue weighted by Crippen LogP contribution is 2.39. The molecule has 0 aromatic carbocycles. The van der Waals surface area contributed by atoms with Gasteiger partial charge < -0.3 is 5.32 Å². The zero-order chi connectivity index (χ0) is 14.0. The van der Waals surface area contributed by atoms with Crippen molar-refractivity contribution >= 4 is 11.7 Å². The summed E-state index contributed by atoms with van der Waals surface area (Å²) in [6, 6.07) is 1.83. The van der Waals surface area contributed by atoms with E-state index >= 15 is 0 Å². The molecule has 1 aliphatic carbocycles. The number of anilines is 1. The van der Waals surface area contributed by atoms with Crippen molar-refractivity contribution < 1.29 is 4.79 Å². The summed E-state index contributed by atoms with van der Waals surface area (Å²) in [6.07, 6.45) is 6.15. The van der Waals surface area contributed by atoms with Crippen LogP contribution in [0.4, 0.5) is 5.82 Å². The molecule has 1 aliphatic rings. The molecule has 1 fully saturated rings. The first-order chi connectivity index (χ1) is 8.86. The zero-order valence-electron chi connectivity index (χ0n) is 12.4. The van der Waals surface area contributed by atoms with E-state index in [4.69, 9.17) is 0 Å². The van der Waals surface area contributed by atoms with Gasteiger partial charge in [0.1, 0.15) is 0 Å². The summed E-state index contributed by atoms with van der Waals surface area (Å²) in [7, 11) is 1.85. The molecule has 1 aromatic heterocycles. The predicted octanol–water partition coefficient (Wildman–Crippen LogP) is 3.21. The second kappa shape index (κ2) is 5.35. The van der Waals surface area contributed by atoms with Crippen LogP contribution in [-0.2, 0) is 11.8 Å². The van der Waals surface area contributed by atoms with Gasteiger partial charge in [-0.3, -0.25) is 9.48 Å². The first-order valence-corrected chi connectivity index (χ1v) is 7.17. The van der Waals surface area contributed by atoms with E-state index in [0.717, 1.165) is 31.6 Å². The van der Waals surface area contributed by atoms with E-state index in [1.165, 1.54) is 0 Å². The Bertz CT molecular complexity index is 436. The van der Waals surface area contributed by atoms with Crippen LogP contribution in [0.25, 0.3) is 0 Å². The Morgan fingerprint density at radius 3 is 2.42 bits per heavy atom. The third-order valence-electron chi connectivity index (χ3n) is 4.29. The summed E-state index contributed by atoms with van der Waals surface area (Å²) in [5.41, 5.74) is 0.364. The fourth-order valence-corrected chi connectivity index (χ4v) is 2.93. The van der Waals surface area contributed by atoms with Crippen molar-refractivity contribution in [3.8, 4) is 0 Å². The van der Waals surface area contributed by atoms with Crippen molar-refractivity contribution in [1.82, 2.24) is 9.78 Å². The van der Waals surface area contributed by atoms with Crippen LogP contribution in [0.1, 0.15) is 46.5 Å². The van der Waals surface area contributed by atoms with Gasteiger partial charge in [-0.05, 0) is 37.0 Å². The molecule has 0 spiro atoms. The molecule has 0 radical (unpaired) electrons. The lowest BCUT2D eigenvalue weighted by atomic mass is 9.70. The zero-order valence-corrected chi connectivity index (χ0v) is 12.4. The summed E-state index contributed by atoms with van der Waals surface area (Å²) in [5, 5.41) is 7.10. The number of hydrogen-bond acceptors (Lipinski definition) is 2.